The van der Waals surface area contributed by atoms with Gasteiger partial charge in [0.1, 0.15) is 5.82 Å². The number of nitrogens with one attached hydrogen (secondary N) is 3. The van der Waals surface area contributed by atoms with Crippen LogP contribution in [0.4, 0.5) is 4.39 Å². The molecule has 2 aromatic rings. The minimum absolute atomic E-state index is 0. The van der Waals surface area contributed by atoms with Gasteiger partial charge in [-0.3, -0.25) is 9.59 Å². The molecule has 1 aromatic carbocycles. The minimum Gasteiger partial charge on any atom is -0.384 e. The topological polar surface area (TPSA) is 83.2 Å². The van der Waals surface area contributed by atoms with Crippen LogP contribution in [0.3, 0.4) is 0 Å². The predicted molar refractivity (Wildman–Crippen MR) is 101 cm³/mol. The fraction of sp³-hybridized carbons (Fsp3) is 0.444. The molecule has 3 rings (SSSR count). The third-order valence-corrected chi connectivity index (χ3v) is 4.79. The van der Waals surface area contributed by atoms with Crippen LogP contribution in [0.15, 0.2) is 29.1 Å². The van der Waals surface area contributed by atoms with Crippen LogP contribution in [0.25, 0.3) is 10.9 Å². The molecule has 0 bridgehead atoms. The molecule has 0 unspecified atom stereocenters. The molecule has 1 amide bonds. The van der Waals surface area contributed by atoms with Gasteiger partial charge in [0.2, 0.25) is 5.56 Å². The molecule has 142 valence electrons. The molecular formula is C18H23ClFN3O3. The minimum atomic E-state index is -0.463. The average molecular weight is 384 g/mol. The molecule has 2 heterocycles. The van der Waals surface area contributed by atoms with Gasteiger partial charge in [0.05, 0.1) is 17.7 Å². The highest BCUT2D eigenvalue weighted by molar-refractivity contribution is 6.05. The van der Waals surface area contributed by atoms with Gasteiger partial charge in [-0.05, 0) is 44.1 Å². The van der Waals surface area contributed by atoms with Crippen LogP contribution in [0.5, 0.6) is 0 Å². The van der Waals surface area contributed by atoms with Crippen molar-refractivity contribution in [2.24, 2.45) is 5.41 Å². The van der Waals surface area contributed by atoms with E-state index in [4.69, 9.17) is 4.74 Å². The quantitative estimate of drug-likeness (QED) is 0.735. The number of hydrogen-bond donors (Lipinski definition) is 3. The molecule has 0 atom stereocenters. The van der Waals surface area contributed by atoms with Gasteiger partial charge in [0.15, 0.2) is 0 Å². The molecule has 3 N–H and O–H groups in total. The SMILES string of the molecule is COCC1(CNC(=O)c2cc(=O)[nH]c3cc(F)ccc23)CCNCC1.Cl. The van der Waals surface area contributed by atoms with Crippen molar-refractivity contribution in [1.29, 1.82) is 0 Å². The number of rotatable bonds is 5. The molecule has 1 aliphatic heterocycles. The van der Waals surface area contributed by atoms with Crippen LogP contribution in [0.2, 0.25) is 0 Å². The smallest absolute Gasteiger partial charge is 0.252 e. The van der Waals surface area contributed by atoms with Crippen molar-refractivity contribution in [1.82, 2.24) is 15.6 Å². The van der Waals surface area contributed by atoms with Crippen LogP contribution in [-0.4, -0.2) is 44.2 Å². The fourth-order valence-electron chi connectivity index (χ4n) is 3.42. The maximum absolute atomic E-state index is 13.4. The molecule has 0 saturated carbocycles. The largest absolute Gasteiger partial charge is 0.384 e. The Labute approximate surface area is 156 Å². The zero-order valence-corrected chi connectivity index (χ0v) is 15.4. The molecule has 0 spiro atoms. The molecule has 6 nitrogen and oxygen atoms in total. The zero-order chi connectivity index (χ0) is 17.9. The molecule has 1 aliphatic rings. The van der Waals surface area contributed by atoms with Gasteiger partial charge in [-0.1, -0.05) is 0 Å². The van der Waals surface area contributed by atoms with Crippen LogP contribution in [0.1, 0.15) is 23.2 Å². The number of aromatic amines is 1. The van der Waals surface area contributed by atoms with E-state index in [2.05, 4.69) is 15.6 Å². The Morgan fingerprint density at radius 3 is 2.73 bits per heavy atom. The fourth-order valence-corrected chi connectivity index (χ4v) is 3.42. The Kier molecular flexibility index (Phi) is 6.75. The first-order chi connectivity index (χ1) is 12.0. The summed E-state index contributed by atoms with van der Waals surface area (Å²) in [4.78, 5) is 27.0. The zero-order valence-electron chi connectivity index (χ0n) is 14.6. The maximum atomic E-state index is 13.4. The standard InChI is InChI=1S/C18H22FN3O3.ClH/c1-25-11-18(4-6-20-7-5-18)10-21-17(24)14-9-16(23)22-15-8-12(19)2-3-13(14)15;/h2-3,8-9,20H,4-7,10-11H2,1H3,(H,21,24)(H,22,23);1H. The van der Waals surface area contributed by atoms with Crippen molar-refractivity contribution in [3.63, 3.8) is 0 Å². The third-order valence-electron chi connectivity index (χ3n) is 4.79. The molecular weight excluding hydrogens is 361 g/mol. The summed E-state index contributed by atoms with van der Waals surface area (Å²) < 4.78 is 18.7. The first-order valence-electron chi connectivity index (χ1n) is 8.33. The number of carbonyl (C=O) groups is 1. The first-order valence-corrected chi connectivity index (χ1v) is 8.33. The predicted octanol–water partition coefficient (Wildman–Crippen LogP) is 1.83. The molecule has 26 heavy (non-hydrogen) atoms. The highest BCUT2D eigenvalue weighted by Crippen LogP contribution is 2.28. The highest BCUT2D eigenvalue weighted by Gasteiger charge is 2.32. The van der Waals surface area contributed by atoms with Gasteiger partial charge in [0.25, 0.3) is 5.91 Å². The Balaban J connectivity index is 0.00000243. The molecule has 1 fully saturated rings. The highest BCUT2D eigenvalue weighted by atomic mass is 35.5. The van der Waals surface area contributed by atoms with Gasteiger partial charge >= 0.3 is 0 Å². The summed E-state index contributed by atoms with van der Waals surface area (Å²) in [6.07, 6.45) is 1.81. The van der Waals surface area contributed by atoms with E-state index in [9.17, 15) is 14.0 Å². The van der Waals surface area contributed by atoms with Gasteiger partial charge in [-0.15, -0.1) is 12.4 Å². The number of halogens is 2. The van der Waals surface area contributed by atoms with Gasteiger partial charge in [-0.25, -0.2) is 4.39 Å². The lowest BCUT2D eigenvalue weighted by molar-refractivity contribution is 0.0512. The summed E-state index contributed by atoms with van der Waals surface area (Å²) in [5, 5.41) is 6.76. The van der Waals surface area contributed by atoms with Crippen molar-refractivity contribution in [3.8, 4) is 0 Å². The second-order valence-corrected chi connectivity index (χ2v) is 6.60. The lowest BCUT2D eigenvalue weighted by Crippen LogP contribution is -2.47. The van der Waals surface area contributed by atoms with E-state index < -0.39 is 11.4 Å². The van der Waals surface area contributed by atoms with E-state index in [1.807, 2.05) is 0 Å². The number of ether oxygens (including phenoxy) is 1. The lowest BCUT2D eigenvalue weighted by atomic mass is 9.79. The Morgan fingerprint density at radius 2 is 2.04 bits per heavy atom. The molecule has 0 radical (unpaired) electrons. The van der Waals surface area contributed by atoms with Crippen molar-refractivity contribution in [2.75, 3.05) is 33.4 Å². The van der Waals surface area contributed by atoms with E-state index in [-0.39, 0.29) is 29.3 Å². The van der Waals surface area contributed by atoms with Crippen molar-refractivity contribution in [3.05, 3.63) is 46.0 Å². The lowest BCUT2D eigenvalue weighted by Gasteiger charge is -2.37. The van der Waals surface area contributed by atoms with E-state index in [0.29, 0.717) is 24.1 Å². The van der Waals surface area contributed by atoms with Crippen LogP contribution < -0.4 is 16.2 Å². The van der Waals surface area contributed by atoms with E-state index >= 15 is 0 Å². The number of fused-ring (bicyclic) bond motifs is 1. The molecule has 0 aliphatic carbocycles. The number of carbonyl (C=O) groups excluding carboxylic acids is 1. The van der Waals surface area contributed by atoms with Gasteiger partial charge in [-0.2, -0.15) is 0 Å². The number of piperidine rings is 1. The van der Waals surface area contributed by atoms with Crippen LogP contribution in [0, 0.1) is 11.2 Å². The molecule has 8 heteroatoms. The normalized spacial score (nSPS) is 16.1. The van der Waals surface area contributed by atoms with E-state index in [1.54, 1.807) is 7.11 Å². The summed E-state index contributed by atoms with van der Waals surface area (Å²) in [6.45, 7) is 2.80. The van der Waals surface area contributed by atoms with Gasteiger partial charge in [0, 0.05) is 30.5 Å². The summed E-state index contributed by atoms with van der Waals surface area (Å²) in [7, 11) is 1.66. The molecule has 1 aromatic heterocycles. The summed E-state index contributed by atoms with van der Waals surface area (Å²) in [5.74, 6) is -0.800. The number of amides is 1. The number of methoxy groups -OCH3 is 1. The van der Waals surface area contributed by atoms with Crippen molar-refractivity contribution < 1.29 is 13.9 Å². The Hall–Kier alpha value is -1.96. The number of H-pyrrole nitrogens is 1. The second-order valence-electron chi connectivity index (χ2n) is 6.60. The van der Waals surface area contributed by atoms with E-state index in [0.717, 1.165) is 25.9 Å². The number of benzene rings is 1. The summed E-state index contributed by atoms with van der Waals surface area (Å²) in [5.41, 5.74) is 0.0155. The maximum Gasteiger partial charge on any atom is 0.252 e. The van der Waals surface area contributed by atoms with E-state index in [1.165, 1.54) is 24.3 Å². The van der Waals surface area contributed by atoms with Crippen LogP contribution >= 0.6 is 12.4 Å². The summed E-state index contributed by atoms with van der Waals surface area (Å²) in [6, 6.07) is 5.25. The number of hydrogen-bond acceptors (Lipinski definition) is 4. The average Bonchev–Trinajstić information content (AvgIpc) is 2.59. The Morgan fingerprint density at radius 1 is 1.31 bits per heavy atom. The van der Waals surface area contributed by atoms with Crippen molar-refractivity contribution >= 4 is 29.2 Å². The monoisotopic (exact) mass is 383 g/mol. The third kappa shape index (κ3) is 4.41. The summed E-state index contributed by atoms with van der Waals surface area (Å²) >= 11 is 0. The van der Waals surface area contributed by atoms with Crippen LogP contribution in [-0.2, 0) is 4.74 Å². The van der Waals surface area contributed by atoms with Gasteiger partial charge < -0.3 is 20.4 Å². The molecule has 1 saturated heterocycles. The Bertz CT molecular complexity index is 829. The first kappa shape index (κ1) is 20.4. The van der Waals surface area contributed by atoms with Crippen molar-refractivity contribution in [2.45, 2.75) is 12.8 Å². The number of aromatic nitrogens is 1. The number of pyridine rings is 1. The second kappa shape index (κ2) is 8.62.